The summed E-state index contributed by atoms with van der Waals surface area (Å²) in [5, 5.41) is 9.26. The Kier molecular flexibility index (Phi) is 3.12. The Morgan fingerprint density at radius 2 is 2.26 bits per heavy atom. The standard InChI is InChI=1S/C12H15N5O2/c1-16-11-10(14-15-16)7-9(8-13-11)12(18)17-5-3-2-4-6-19-17/h7-8H,2-6H2,1H3. The van der Waals surface area contributed by atoms with Crippen molar-refractivity contribution in [2.24, 2.45) is 7.05 Å². The number of nitrogens with zero attached hydrogens (tertiary/aromatic N) is 5. The van der Waals surface area contributed by atoms with E-state index < -0.39 is 0 Å². The molecule has 0 spiro atoms. The Bertz CT molecular complexity index is 601. The van der Waals surface area contributed by atoms with Gasteiger partial charge in [0.25, 0.3) is 5.91 Å². The van der Waals surface area contributed by atoms with Crippen molar-refractivity contribution in [2.75, 3.05) is 13.2 Å². The summed E-state index contributed by atoms with van der Waals surface area (Å²) in [5.41, 5.74) is 1.76. The minimum atomic E-state index is -0.165. The van der Waals surface area contributed by atoms with Crippen LogP contribution in [-0.4, -0.2) is 44.1 Å². The molecule has 0 atom stereocenters. The highest BCUT2D eigenvalue weighted by Crippen LogP contribution is 2.14. The summed E-state index contributed by atoms with van der Waals surface area (Å²) in [6.45, 7) is 1.21. The minimum absolute atomic E-state index is 0.165. The van der Waals surface area contributed by atoms with Crippen LogP contribution in [0.4, 0.5) is 0 Å². The molecule has 7 nitrogen and oxygen atoms in total. The molecule has 0 N–H and O–H groups in total. The number of hydrogen-bond acceptors (Lipinski definition) is 5. The van der Waals surface area contributed by atoms with Gasteiger partial charge in [-0.05, 0) is 25.3 Å². The van der Waals surface area contributed by atoms with Gasteiger partial charge in [0.2, 0.25) is 0 Å². The molecule has 0 unspecified atom stereocenters. The molecule has 1 amide bonds. The fourth-order valence-corrected chi connectivity index (χ4v) is 2.12. The van der Waals surface area contributed by atoms with Crippen LogP contribution < -0.4 is 0 Å². The van der Waals surface area contributed by atoms with Crippen molar-refractivity contribution >= 4 is 17.1 Å². The average molecular weight is 261 g/mol. The van der Waals surface area contributed by atoms with E-state index in [1.54, 1.807) is 24.0 Å². The first-order valence-corrected chi connectivity index (χ1v) is 6.36. The van der Waals surface area contributed by atoms with Crippen LogP contribution in [-0.2, 0) is 11.9 Å². The maximum atomic E-state index is 12.3. The SMILES string of the molecule is Cn1nnc2cc(C(=O)N3CCCCCO3)cnc21. The van der Waals surface area contributed by atoms with E-state index >= 15 is 0 Å². The topological polar surface area (TPSA) is 73.1 Å². The Labute approximate surface area is 110 Å². The van der Waals surface area contributed by atoms with Gasteiger partial charge in [-0.2, -0.15) is 0 Å². The van der Waals surface area contributed by atoms with Crippen molar-refractivity contribution in [3.05, 3.63) is 17.8 Å². The zero-order valence-electron chi connectivity index (χ0n) is 10.7. The van der Waals surface area contributed by atoms with Crippen LogP contribution >= 0.6 is 0 Å². The smallest absolute Gasteiger partial charge is 0.271 e. The number of aromatic nitrogens is 4. The van der Waals surface area contributed by atoms with Crippen LogP contribution in [0.3, 0.4) is 0 Å². The molecular weight excluding hydrogens is 246 g/mol. The van der Waals surface area contributed by atoms with Crippen LogP contribution in [0.2, 0.25) is 0 Å². The van der Waals surface area contributed by atoms with Gasteiger partial charge in [-0.25, -0.2) is 14.7 Å². The molecule has 0 radical (unpaired) electrons. The van der Waals surface area contributed by atoms with E-state index in [4.69, 9.17) is 4.84 Å². The van der Waals surface area contributed by atoms with E-state index in [1.165, 1.54) is 5.06 Å². The van der Waals surface area contributed by atoms with Crippen molar-refractivity contribution in [1.82, 2.24) is 25.0 Å². The Hall–Kier alpha value is -2.02. The van der Waals surface area contributed by atoms with Crippen molar-refractivity contribution in [3.63, 3.8) is 0 Å². The van der Waals surface area contributed by atoms with Crippen LogP contribution in [0.15, 0.2) is 12.3 Å². The molecule has 3 rings (SSSR count). The second-order valence-electron chi connectivity index (χ2n) is 4.58. The highest BCUT2D eigenvalue weighted by molar-refractivity contribution is 5.95. The van der Waals surface area contributed by atoms with Crippen LogP contribution in [0.5, 0.6) is 0 Å². The van der Waals surface area contributed by atoms with Gasteiger partial charge in [0.15, 0.2) is 5.65 Å². The second kappa shape index (κ2) is 4.93. The molecule has 1 fully saturated rings. The fourth-order valence-electron chi connectivity index (χ4n) is 2.12. The van der Waals surface area contributed by atoms with E-state index in [1.807, 2.05) is 0 Å². The number of carbonyl (C=O) groups is 1. The van der Waals surface area contributed by atoms with E-state index in [0.717, 1.165) is 19.3 Å². The lowest BCUT2D eigenvalue weighted by atomic mass is 10.2. The van der Waals surface area contributed by atoms with E-state index in [0.29, 0.717) is 29.9 Å². The highest BCUT2D eigenvalue weighted by Gasteiger charge is 2.19. The lowest BCUT2D eigenvalue weighted by Gasteiger charge is -2.18. The number of fused-ring (bicyclic) bond motifs is 1. The first-order valence-electron chi connectivity index (χ1n) is 6.36. The van der Waals surface area contributed by atoms with Crippen LogP contribution in [0, 0.1) is 0 Å². The fraction of sp³-hybridized carbons (Fsp3) is 0.500. The van der Waals surface area contributed by atoms with Gasteiger partial charge in [0.1, 0.15) is 5.52 Å². The zero-order valence-corrected chi connectivity index (χ0v) is 10.7. The quantitative estimate of drug-likeness (QED) is 0.763. The summed E-state index contributed by atoms with van der Waals surface area (Å²) in [6, 6.07) is 1.70. The number of amides is 1. The predicted molar refractivity (Wildman–Crippen MR) is 67.1 cm³/mol. The maximum Gasteiger partial charge on any atom is 0.279 e. The number of carbonyl (C=O) groups excluding carboxylic acids is 1. The molecule has 1 aliphatic rings. The lowest BCUT2D eigenvalue weighted by Crippen LogP contribution is -2.31. The molecule has 0 aromatic carbocycles. The molecule has 2 aromatic rings. The molecule has 19 heavy (non-hydrogen) atoms. The van der Waals surface area contributed by atoms with Crippen molar-refractivity contribution in [3.8, 4) is 0 Å². The molecule has 3 heterocycles. The molecule has 0 saturated carbocycles. The molecule has 7 heteroatoms. The zero-order chi connectivity index (χ0) is 13.2. The molecule has 2 aromatic heterocycles. The van der Waals surface area contributed by atoms with Gasteiger partial charge in [-0.1, -0.05) is 5.21 Å². The monoisotopic (exact) mass is 261 g/mol. The normalized spacial score (nSPS) is 16.6. The summed E-state index contributed by atoms with van der Waals surface area (Å²) >= 11 is 0. The third-order valence-electron chi connectivity index (χ3n) is 3.17. The van der Waals surface area contributed by atoms with Gasteiger partial charge < -0.3 is 0 Å². The first-order chi connectivity index (χ1) is 9.25. The van der Waals surface area contributed by atoms with Crippen molar-refractivity contribution in [2.45, 2.75) is 19.3 Å². The van der Waals surface area contributed by atoms with E-state index in [9.17, 15) is 4.79 Å². The summed E-state index contributed by atoms with van der Waals surface area (Å²) in [5.74, 6) is -0.165. The second-order valence-corrected chi connectivity index (χ2v) is 4.58. The first kappa shape index (κ1) is 12.0. The summed E-state index contributed by atoms with van der Waals surface area (Å²) in [4.78, 5) is 22.0. The molecule has 0 aliphatic carbocycles. The third-order valence-corrected chi connectivity index (χ3v) is 3.17. The van der Waals surface area contributed by atoms with Gasteiger partial charge in [-0.15, -0.1) is 5.10 Å². The average Bonchev–Trinajstić information content (AvgIpc) is 2.67. The largest absolute Gasteiger partial charge is 0.279 e. The number of pyridine rings is 1. The third kappa shape index (κ3) is 2.28. The molecule has 100 valence electrons. The van der Waals surface area contributed by atoms with Crippen LogP contribution in [0.1, 0.15) is 29.6 Å². The number of hydroxylamine groups is 2. The molecule has 1 saturated heterocycles. The van der Waals surface area contributed by atoms with E-state index in [2.05, 4.69) is 15.3 Å². The summed E-state index contributed by atoms with van der Waals surface area (Å²) in [6.07, 6.45) is 4.59. The minimum Gasteiger partial charge on any atom is -0.271 e. The van der Waals surface area contributed by atoms with Gasteiger partial charge >= 0.3 is 0 Å². The Morgan fingerprint density at radius 3 is 3.16 bits per heavy atom. The van der Waals surface area contributed by atoms with Gasteiger partial charge in [0.05, 0.1) is 12.2 Å². The summed E-state index contributed by atoms with van der Waals surface area (Å²) < 4.78 is 1.58. The van der Waals surface area contributed by atoms with E-state index in [-0.39, 0.29) is 5.91 Å². The number of hydrogen-bond donors (Lipinski definition) is 0. The summed E-state index contributed by atoms with van der Waals surface area (Å²) in [7, 11) is 1.77. The molecular formula is C12H15N5O2. The van der Waals surface area contributed by atoms with Crippen molar-refractivity contribution < 1.29 is 9.63 Å². The number of rotatable bonds is 1. The number of aryl methyl sites for hydroxylation is 1. The lowest BCUT2D eigenvalue weighted by molar-refractivity contribution is -0.115. The van der Waals surface area contributed by atoms with Gasteiger partial charge in [-0.3, -0.25) is 9.63 Å². The Balaban J connectivity index is 1.88. The highest BCUT2D eigenvalue weighted by atomic mass is 16.7. The van der Waals surface area contributed by atoms with Crippen LogP contribution in [0.25, 0.3) is 11.2 Å². The molecule has 0 bridgehead atoms. The van der Waals surface area contributed by atoms with Crippen molar-refractivity contribution in [1.29, 1.82) is 0 Å². The maximum absolute atomic E-state index is 12.3. The van der Waals surface area contributed by atoms with Gasteiger partial charge in [0, 0.05) is 19.8 Å². The Morgan fingerprint density at radius 1 is 1.37 bits per heavy atom. The molecule has 1 aliphatic heterocycles. The predicted octanol–water partition coefficient (Wildman–Crippen LogP) is 0.921.